The van der Waals surface area contributed by atoms with Gasteiger partial charge in [0.25, 0.3) is 0 Å². The Labute approximate surface area is 124 Å². The predicted octanol–water partition coefficient (Wildman–Crippen LogP) is 2.07. The number of imidazole rings is 1. The third kappa shape index (κ3) is 9.89. The number of ether oxygens (including phenoxy) is 2. The van der Waals surface area contributed by atoms with Gasteiger partial charge in [0.15, 0.2) is 0 Å². The van der Waals surface area contributed by atoms with E-state index in [-0.39, 0.29) is 11.9 Å². The molecular weight excluding hydrogens is 272 g/mol. The fourth-order valence-electron chi connectivity index (χ4n) is 1.02. The van der Waals surface area contributed by atoms with E-state index in [2.05, 4.69) is 14.5 Å². The van der Waals surface area contributed by atoms with E-state index in [0.29, 0.717) is 5.56 Å². The van der Waals surface area contributed by atoms with Gasteiger partial charge in [0.05, 0.1) is 26.1 Å². The highest BCUT2D eigenvalue weighted by Crippen LogP contribution is 1.98. The summed E-state index contributed by atoms with van der Waals surface area (Å²) in [4.78, 5) is 24.2. The summed E-state index contributed by atoms with van der Waals surface area (Å²) in [5.41, 5.74) is 0.588. The first-order valence-electron chi connectivity index (χ1n) is 6.11. The lowest BCUT2D eigenvalue weighted by Crippen LogP contribution is -1.99. The summed E-state index contributed by atoms with van der Waals surface area (Å²) in [6.07, 6.45) is 5.39. The summed E-state index contributed by atoms with van der Waals surface area (Å²) >= 11 is 0. The maximum atomic E-state index is 10.8. The second kappa shape index (κ2) is 11.2. The molecule has 21 heavy (non-hydrogen) atoms. The molecule has 2 rings (SSSR count). The van der Waals surface area contributed by atoms with Crippen LogP contribution < -0.4 is 0 Å². The third-order valence-corrected chi connectivity index (χ3v) is 2.12. The number of methoxy groups -OCH3 is 2. The highest BCUT2D eigenvalue weighted by Gasteiger charge is 2.00. The smallest absolute Gasteiger partial charge is 0.337 e. The molecule has 0 fully saturated rings. The molecule has 0 radical (unpaired) electrons. The second-order valence-corrected chi connectivity index (χ2v) is 3.78. The van der Waals surface area contributed by atoms with Crippen LogP contribution in [0, 0.1) is 0 Å². The Balaban J connectivity index is 0.000000312. The van der Waals surface area contributed by atoms with Gasteiger partial charge in [-0.1, -0.05) is 18.2 Å². The van der Waals surface area contributed by atoms with E-state index in [4.69, 9.17) is 0 Å². The lowest BCUT2D eigenvalue weighted by molar-refractivity contribution is -0.137. The molecule has 0 spiro atoms. The molecule has 0 aliphatic heterocycles. The Bertz CT molecular complexity index is 510. The van der Waals surface area contributed by atoms with Crippen LogP contribution in [0.5, 0.6) is 0 Å². The average Bonchev–Trinajstić information content (AvgIpc) is 2.99. The summed E-state index contributed by atoms with van der Waals surface area (Å²) in [7, 11) is 4.66. The molecule has 0 saturated carbocycles. The molecule has 0 atom stereocenters. The van der Waals surface area contributed by atoms with Crippen molar-refractivity contribution in [2.24, 2.45) is 7.05 Å². The Morgan fingerprint density at radius 2 is 1.67 bits per heavy atom. The Kier molecular flexibility index (Phi) is 9.81. The van der Waals surface area contributed by atoms with Crippen molar-refractivity contribution in [3.8, 4) is 0 Å². The van der Waals surface area contributed by atoms with E-state index in [9.17, 15) is 9.59 Å². The molecule has 0 amide bonds. The van der Waals surface area contributed by atoms with Crippen molar-refractivity contribution in [3.63, 3.8) is 0 Å². The van der Waals surface area contributed by atoms with Gasteiger partial charge in [-0.3, -0.25) is 4.79 Å². The number of hydrogen-bond donors (Lipinski definition) is 0. The minimum absolute atomic E-state index is 0.245. The molecule has 2 aromatic rings. The molecule has 0 unspecified atom stereocenters. The number of aryl methyl sites for hydroxylation is 1. The molecule has 1 heterocycles. The van der Waals surface area contributed by atoms with Gasteiger partial charge in [0.1, 0.15) is 0 Å². The minimum Gasteiger partial charge on any atom is -0.469 e. The van der Waals surface area contributed by atoms with Gasteiger partial charge in [-0.25, -0.2) is 9.78 Å². The first kappa shape index (κ1) is 18.4. The van der Waals surface area contributed by atoms with Crippen molar-refractivity contribution in [1.82, 2.24) is 9.55 Å². The molecule has 6 heteroatoms. The number of carbonyl (C=O) groups excluding carboxylic acids is 2. The first-order chi connectivity index (χ1) is 10.0. The van der Waals surface area contributed by atoms with Gasteiger partial charge >= 0.3 is 11.9 Å². The lowest BCUT2D eigenvalue weighted by atomic mass is 10.2. The Hall–Kier alpha value is -2.63. The van der Waals surface area contributed by atoms with Crippen molar-refractivity contribution in [2.75, 3.05) is 14.2 Å². The summed E-state index contributed by atoms with van der Waals surface area (Å²) in [5, 5.41) is 0. The van der Waals surface area contributed by atoms with E-state index >= 15 is 0 Å². The molecule has 0 aliphatic carbocycles. The standard InChI is InChI=1S/C8H8O2.C4H6N2.C3H6O2/c1-10-8(9)7-5-3-2-4-6-7;1-6-3-2-5-4-6;1-3(4)5-2/h2-6H,1H3;2-4H,1H3;1-2H3. The molecule has 0 saturated heterocycles. The largest absolute Gasteiger partial charge is 0.469 e. The summed E-state index contributed by atoms with van der Waals surface area (Å²) in [6, 6.07) is 8.88. The zero-order chi connectivity index (χ0) is 16.1. The van der Waals surface area contributed by atoms with Gasteiger partial charge < -0.3 is 14.0 Å². The number of esters is 2. The van der Waals surface area contributed by atoms with Crippen LogP contribution in [0.2, 0.25) is 0 Å². The lowest BCUT2D eigenvalue weighted by Gasteiger charge is -1.95. The van der Waals surface area contributed by atoms with Crippen LogP contribution in [0.15, 0.2) is 49.1 Å². The third-order valence-electron chi connectivity index (χ3n) is 2.12. The first-order valence-corrected chi connectivity index (χ1v) is 6.11. The highest BCUT2D eigenvalue weighted by molar-refractivity contribution is 5.89. The molecule has 0 bridgehead atoms. The van der Waals surface area contributed by atoms with Gasteiger partial charge in [0.2, 0.25) is 0 Å². The monoisotopic (exact) mass is 292 g/mol. The van der Waals surface area contributed by atoms with Crippen LogP contribution in [0.4, 0.5) is 0 Å². The molecular formula is C15H20N2O4. The number of aromatic nitrogens is 2. The predicted molar refractivity (Wildman–Crippen MR) is 78.7 cm³/mol. The Morgan fingerprint density at radius 3 is 1.95 bits per heavy atom. The van der Waals surface area contributed by atoms with Crippen molar-refractivity contribution < 1.29 is 19.1 Å². The molecule has 1 aromatic heterocycles. The van der Waals surface area contributed by atoms with E-state index in [0.717, 1.165) is 0 Å². The molecule has 114 valence electrons. The number of hydrogen-bond acceptors (Lipinski definition) is 5. The molecule has 0 aliphatic rings. The normalized spacial score (nSPS) is 8.38. The van der Waals surface area contributed by atoms with Crippen LogP contribution in [-0.4, -0.2) is 35.7 Å². The molecule has 1 aromatic carbocycles. The van der Waals surface area contributed by atoms with E-state index in [1.165, 1.54) is 21.1 Å². The summed E-state index contributed by atoms with van der Waals surface area (Å²) < 4.78 is 10.5. The fraction of sp³-hybridized carbons (Fsp3) is 0.267. The molecule has 0 N–H and O–H groups in total. The molecule has 6 nitrogen and oxygen atoms in total. The van der Waals surface area contributed by atoms with E-state index in [1.807, 2.05) is 23.9 Å². The van der Waals surface area contributed by atoms with E-state index in [1.54, 1.807) is 36.8 Å². The summed E-state index contributed by atoms with van der Waals surface area (Å²) in [5.74, 6) is -0.536. The number of carbonyl (C=O) groups is 2. The summed E-state index contributed by atoms with van der Waals surface area (Å²) in [6.45, 7) is 1.36. The van der Waals surface area contributed by atoms with Gasteiger partial charge in [0, 0.05) is 26.4 Å². The average molecular weight is 292 g/mol. The maximum absolute atomic E-state index is 10.8. The quantitative estimate of drug-likeness (QED) is 0.752. The van der Waals surface area contributed by atoms with Crippen molar-refractivity contribution in [1.29, 1.82) is 0 Å². The van der Waals surface area contributed by atoms with Gasteiger partial charge in [-0.05, 0) is 12.1 Å². The number of nitrogens with zero attached hydrogens (tertiary/aromatic N) is 2. The van der Waals surface area contributed by atoms with Crippen LogP contribution in [0.1, 0.15) is 17.3 Å². The zero-order valence-electron chi connectivity index (χ0n) is 12.6. The SMILES string of the molecule is COC(=O)c1ccccc1.COC(C)=O.Cn1ccnc1. The number of benzene rings is 1. The highest BCUT2D eigenvalue weighted by atomic mass is 16.5. The second-order valence-electron chi connectivity index (χ2n) is 3.78. The minimum atomic E-state index is -0.291. The van der Waals surface area contributed by atoms with Crippen LogP contribution in [0.25, 0.3) is 0 Å². The van der Waals surface area contributed by atoms with Crippen molar-refractivity contribution >= 4 is 11.9 Å². The number of rotatable bonds is 1. The fourth-order valence-corrected chi connectivity index (χ4v) is 1.02. The van der Waals surface area contributed by atoms with E-state index < -0.39 is 0 Å². The van der Waals surface area contributed by atoms with Crippen LogP contribution in [0.3, 0.4) is 0 Å². The van der Waals surface area contributed by atoms with Gasteiger partial charge in [-0.2, -0.15) is 0 Å². The van der Waals surface area contributed by atoms with Crippen LogP contribution >= 0.6 is 0 Å². The topological polar surface area (TPSA) is 70.4 Å². The van der Waals surface area contributed by atoms with Crippen molar-refractivity contribution in [2.45, 2.75) is 6.92 Å². The van der Waals surface area contributed by atoms with Gasteiger partial charge in [-0.15, -0.1) is 0 Å². The Morgan fingerprint density at radius 1 is 1.10 bits per heavy atom. The van der Waals surface area contributed by atoms with Crippen molar-refractivity contribution in [3.05, 3.63) is 54.6 Å². The maximum Gasteiger partial charge on any atom is 0.337 e. The zero-order valence-corrected chi connectivity index (χ0v) is 12.6. The van der Waals surface area contributed by atoms with Crippen LogP contribution in [-0.2, 0) is 21.3 Å².